The summed E-state index contributed by atoms with van der Waals surface area (Å²) in [4.78, 5) is 67.4. The lowest BCUT2D eigenvalue weighted by molar-refractivity contribution is -0.284. The second kappa shape index (κ2) is 16.7. The number of amides is 1. The molecule has 3 aliphatic rings. The van der Waals surface area contributed by atoms with Gasteiger partial charge < -0.3 is 28.6 Å². The SMILES string of the molecule is C=C[C@]12OC(=O)N(CCCC(C)(C)n3cnc4ncccc43)[C@@H]1[C@@H](C)C(=O)[C@H](C)CC(C)(C)[C@H](O[C@@H]1O[C@H](C)C[C@H](C)[C@H]1O)[C@@H](C)C(=O)[C@@H](C)C(=O)O[C@@H]2CC. The molecule has 2 aromatic rings. The minimum atomic E-state index is -1.57. The number of ketones is 2. The van der Waals surface area contributed by atoms with Crippen molar-refractivity contribution in [1.29, 1.82) is 0 Å². The molecule has 3 fully saturated rings. The van der Waals surface area contributed by atoms with Gasteiger partial charge >= 0.3 is 12.1 Å². The first-order valence-electron chi connectivity index (χ1n) is 20.4. The number of esters is 1. The maximum Gasteiger partial charge on any atom is 0.411 e. The smallest absolute Gasteiger partial charge is 0.411 e. The fourth-order valence-corrected chi connectivity index (χ4v) is 9.74. The van der Waals surface area contributed by atoms with E-state index in [0.29, 0.717) is 31.3 Å². The Kier molecular flexibility index (Phi) is 12.9. The van der Waals surface area contributed by atoms with Crippen molar-refractivity contribution in [3.05, 3.63) is 37.3 Å². The molecule has 0 radical (unpaired) electrons. The minimum absolute atomic E-state index is 0.101. The molecule has 13 heteroatoms. The number of carbonyl (C=O) groups is 4. The van der Waals surface area contributed by atoms with E-state index in [4.69, 9.17) is 18.9 Å². The average Bonchev–Trinajstić information content (AvgIpc) is 3.71. The molecule has 56 heavy (non-hydrogen) atoms. The highest BCUT2D eigenvalue weighted by Crippen LogP contribution is 2.45. The standard InChI is InChI=1S/C43H64N4O9/c1-13-31-43(14-2)35(46(40(52)56-43)20-16-18-42(11,12)47-23-45-37-30(47)17-15-19-44-37)27(6)32(48)25(4)22-41(9,10)36(28(7)34(50)29(8)38(51)54-31)55-39-33(49)24(3)21-26(5)53-39/h14-15,17,19,23-29,31,33,35-36,39,49H,2,13,16,18,20-22H2,1,3-12H3/t24-,25+,26+,27-,28-,29+,31+,33+,35+,36+,39-,43+/m0/s1. The van der Waals surface area contributed by atoms with E-state index in [1.54, 1.807) is 38.2 Å². The zero-order valence-corrected chi connectivity index (χ0v) is 35.2. The van der Waals surface area contributed by atoms with Crippen LogP contribution >= 0.6 is 0 Å². The largest absolute Gasteiger partial charge is 0.457 e. The number of pyridine rings is 1. The van der Waals surface area contributed by atoms with Crippen LogP contribution in [0.15, 0.2) is 37.3 Å². The van der Waals surface area contributed by atoms with Crippen LogP contribution in [0.4, 0.5) is 4.79 Å². The molecule has 0 bridgehead atoms. The van der Waals surface area contributed by atoms with Gasteiger partial charge in [-0.3, -0.25) is 19.3 Å². The zero-order valence-electron chi connectivity index (χ0n) is 35.2. The van der Waals surface area contributed by atoms with Crippen LogP contribution in [-0.4, -0.2) is 97.1 Å². The van der Waals surface area contributed by atoms with Crippen LogP contribution in [0.2, 0.25) is 0 Å². The normalized spacial score (nSPS) is 36.1. The molecular weight excluding hydrogens is 716 g/mol. The molecule has 0 saturated carbocycles. The number of fused-ring (bicyclic) bond motifs is 2. The molecule has 5 rings (SSSR count). The van der Waals surface area contributed by atoms with Gasteiger partial charge in [0.25, 0.3) is 0 Å². The molecule has 1 amide bonds. The minimum Gasteiger partial charge on any atom is -0.457 e. The maximum absolute atomic E-state index is 14.7. The van der Waals surface area contributed by atoms with E-state index in [1.165, 1.54) is 13.0 Å². The Balaban J connectivity index is 1.49. The number of aliphatic hydroxyl groups excluding tert-OH is 1. The van der Waals surface area contributed by atoms with Crippen LogP contribution < -0.4 is 0 Å². The van der Waals surface area contributed by atoms with Crippen LogP contribution in [0.5, 0.6) is 0 Å². The van der Waals surface area contributed by atoms with Crippen molar-refractivity contribution in [3.8, 4) is 0 Å². The van der Waals surface area contributed by atoms with Crippen LogP contribution in [0.3, 0.4) is 0 Å². The molecule has 0 unspecified atom stereocenters. The van der Waals surface area contributed by atoms with Gasteiger partial charge in [0, 0.05) is 36.0 Å². The maximum atomic E-state index is 14.7. The fraction of sp³-hybridized carbons (Fsp3) is 0.721. The van der Waals surface area contributed by atoms with Crippen LogP contribution in [0.1, 0.15) is 108 Å². The van der Waals surface area contributed by atoms with Crippen LogP contribution in [0.25, 0.3) is 11.2 Å². The molecule has 13 nitrogen and oxygen atoms in total. The number of aliphatic hydroxyl groups is 1. The van der Waals surface area contributed by atoms with E-state index >= 15 is 0 Å². The molecule has 12 atom stereocenters. The molecule has 1 N–H and O–H groups in total. The van der Waals surface area contributed by atoms with E-state index in [1.807, 2.05) is 46.8 Å². The monoisotopic (exact) mass is 780 g/mol. The van der Waals surface area contributed by atoms with Gasteiger partial charge in [-0.05, 0) is 89.3 Å². The van der Waals surface area contributed by atoms with Crippen molar-refractivity contribution >= 4 is 34.8 Å². The summed E-state index contributed by atoms with van der Waals surface area (Å²) < 4.78 is 27.1. The number of aromatic nitrogens is 3. The van der Waals surface area contributed by atoms with Gasteiger partial charge in [0.2, 0.25) is 0 Å². The summed E-state index contributed by atoms with van der Waals surface area (Å²) in [6.07, 6.45) is 2.78. The van der Waals surface area contributed by atoms with Gasteiger partial charge in [0.15, 0.2) is 23.3 Å². The fourth-order valence-electron chi connectivity index (χ4n) is 9.74. The lowest BCUT2D eigenvalue weighted by Gasteiger charge is -2.45. The number of rotatable bonds is 9. The quantitative estimate of drug-likeness (QED) is 0.165. The topological polar surface area (TPSA) is 159 Å². The summed E-state index contributed by atoms with van der Waals surface area (Å²) in [5, 5.41) is 11.1. The van der Waals surface area contributed by atoms with Gasteiger partial charge in [-0.25, -0.2) is 14.8 Å². The first kappa shape index (κ1) is 43.4. The van der Waals surface area contributed by atoms with E-state index in [-0.39, 0.29) is 30.8 Å². The number of carbonyl (C=O) groups excluding carboxylic acids is 4. The van der Waals surface area contributed by atoms with Gasteiger partial charge in [-0.2, -0.15) is 0 Å². The van der Waals surface area contributed by atoms with Crippen LogP contribution in [-0.2, 0) is 38.9 Å². The van der Waals surface area contributed by atoms with Crippen molar-refractivity contribution in [3.63, 3.8) is 0 Å². The zero-order chi connectivity index (χ0) is 41.5. The highest BCUT2D eigenvalue weighted by atomic mass is 16.7. The predicted octanol–water partition coefficient (Wildman–Crippen LogP) is 6.64. The molecule has 0 spiro atoms. The number of imidazole rings is 1. The summed E-state index contributed by atoms with van der Waals surface area (Å²) in [6, 6.07) is 2.98. The molecule has 2 aromatic heterocycles. The third-order valence-corrected chi connectivity index (χ3v) is 12.8. The van der Waals surface area contributed by atoms with E-state index in [0.717, 1.165) is 5.52 Å². The number of hydrogen-bond donors (Lipinski definition) is 1. The Bertz CT molecular complexity index is 1770. The Morgan fingerprint density at radius 3 is 2.41 bits per heavy atom. The lowest BCUT2D eigenvalue weighted by atomic mass is 9.69. The summed E-state index contributed by atoms with van der Waals surface area (Å²) in [6.45, 7) is 25.0. The van der Waals surface area contributed by atoms with E-state index < -0.39 is 88.7 Å². The Morgan fingerprint density at radius 2 is 1.75 bits per heavy atom. The van der Waals surface area contributed by atoms with E-state index in [2.05, 4.69) is 35.0 Å². The number of nitrogens with zero attached hydrogens (tertiary/aromatic N) is 4. The highest BCUT2D eigenvalue weighted by molar-refractivity contribution is 6.00. The van der Waals surface area contributed by atoms with Crippen LogP contribution in [0, 0.1) is 35.0 Å². The van der Waals surface area contributed by atoms with Gasteiger partial charge in [-0.1, -0.05) is 55.0 Å². The van der Waals surface area contributed by atoms with Crippen molar-refractivity contribution in [2.24, 2.45) is 35.0 Å². The third kappa shape index (κ3) is 8.18. The van der Waals surface area contributed by atoms with Gasteiger partial charge in [-0.15, -0.1) is 0 Å². The molecule has 310 valence electrons. The Morgan fingerprint density at radius 1 is 1.05 bits per heavy atom. The van der Waals surface area contributed by atoms with Crippen molar-refractivity contribution in [1.82, 2.24) is 19.4 Å². The molecule has 3 saturated heterocycles. The summed E-state index contributed by atoms with van der Waals surface area (Å²) >= 11 is 0. The number of hydrogen-bond acceptors (Lipinski definition) is 11. The molecule has 0 aliphatic carbocycles. The number of Topliss-reactive ketones (excluding diaryl/α,β-unsaturated/α-hetero) is 2. The molecule has 0 aromatic carbocycles. The summed E-state index contributed by atoms with van der Waals surface area (Å²) in [5.41, 5.74) is -1.22. The summed E-state index contributed by atoms with van der Waals surface area (Å²) in [5.74, 6) is -4.73. The Labute approximate surface area is 331 Å². The molecular formula is C43H64N4O9. The second-order valence-electron chi connectivity index (χ2n) is 18.0. The van der Waals surface area contributed by atoms with Crippen molar-refractivity contribution in [2.75, 3.05) is 6.54 Å². The molecule has 3 aliphatic heterocycles. The predicted molar refractivity (Wildman–Crippen MR) is 210 cm³/mol. The lowest BCUT2D eigenvalue weighted by Crippen LogP contribution is -2.59. The molecule has 5 heterocycles. The van der Waals surface area contributed by atoms with Crippen molar-refractivity contribution in [2.45, 2.75) is 156 Å². The van der Waals surface area contributed by atoms with Crippen molar-refractivity contribution < 1.29 is 43.2 Å². The third-order valence-electron chi connectivity index (χ3n) is 12.8. The first-order valence-corrected chi connectivity index (χ1v) is 20.4. The Hall–Kier alpha value is -3.68. The first-order chi connectivity index (χ1) is 26.2. The number of cyclic esters (lactones) is 1. The summed E-state index contributed by atoms with van der Waals surface area (Å²) in [7, 11) is 0. The highest BCUT2D eigenvalue weighted by Gasteiger charge is 2.61. The van der Waals surface area contributed by atoms with E-state index in [9.17, 15) is 24.3 Å². The second-order valence-corrected chi connectivity index (χ2v) is 18.0. The van der Waals surface area contributed by atoms with Gasteiger partial charge in [0.05, 0.1) is 30.1 Å². The van der Waals surface area contributed by atoms with Gasteiger partial charge in [0.1, 0.15) is 23.9 Å². The number of ether oxygens (including phenoxy) is 4. The average molecular weight is 781 g/mol.